The van der Waals surface area contributed by atoms with Crippen LogP contribution in [0.3, 0.4) is 0 Å². The summed E-state index contributed by atoms with van der Waals surface area (Å²) < 4.78 is 0. The number of carbonyl (C=O) groups excluding carboxylic acids is 2. The lowest BCUT2D eigenvalue weighted by Gasteiger charge is -2.08. The van der Waals surface area contributed by atoms with Crippen LogP contribution in [0.25, 0.3) is 0 Å². The fraction of sp³-hybridized carbons (Fsp3) is 0.0833. The summed E-state index contributed by atoms with van der Waals surface area (Å²) in [4.78, 5) is 33.1. The molecule has 0 fully saturated rings. The van der Waals surface area contributed by atoms with Gasteiger partial charge in [0.15, 0.2) is 0 Å². The van der Waals surface area contributed by atoms with Gasteiger partial charge in [0.05, 0.1) is 11.4 Å². The lowest BCUT2D eigenvalue weighted by Crippen LogP contribution is -2.14. The van der Waals surface area contributed by atoms with Crippen LogP contribution in [0.5, 0.6) is 0 Å². The minimum atomic E-state index is -1.20. The first-order chi connectivity index (χ1) is 8.99. The number of carboxylic acids is 1. The monoisotopic (exact) mass is 280 g/mol. The lowest BCUT2D eigenvalue weighted by atomic mass is 10.3. The molecular weight excluding hydrogens is 268 g/mol. The maximum absolute atomic E-state index is 11.4. The Morgan fingerprint density at radius 2 is 1.95 bits per heavy atom. The number of aliphatic carboxylic acids is 1. The van der Waals surface area contributed by atoms with Crippen LogP contribution in [0.4, 0.5) is 5.69 Å². The van der Waals surface area contributed by atoms with Crippen molar-refractivity contribution in [1.29, 1.82) is 0 Å². The van der Waals surface area contributed by atoms with Gasteiger partial charge in [-0.1, -0.05) is 12.1 Å². The molecule has 4 N–H and O–H groups in total. The van der Waals surface area contributed by atoms with Crippen LogP contribution in [0, 0.1) is 0 Å². The average Bonchev–Trinajstić information content (AvgIpc) is 2.35. The molecule has 0 heterocycles. The van der Waals surface area contributed by atoms with Gasteiger partial charge < -0.3 is 16.2 Å². The molecule has 0 saturated carbocycles. The highest BCUT2D eigenvalue weighted by Crippen LogP contribution is 2.26. The van der Waals surface area contributed by atoms with Crippen LogP contribution >= 0.6 is 11.8 Å². The molecule has 2 amide bonds. The van der Waals surface area contributed by atoms with Crippen molar-refractivity contribution in [2.75, 3.05) is 11.1 Å². The minimum Gasteiger partial charge on any atom is -0.478 e. The normalized spacial score (nSPS) is 10.3. The average molecular weight is 280 g/mol. The molecule has 0 aromatic heterocycles. The summed E-state index contributed by atoms with van der Waals surface area (Å²) in [6.07, 6.45) is 1.66. The molecule has 7 heteroatoms. The molecule has 0 bridgehead atoms. The van der Waals surface area contributed by atoms with Gasteiger partial charge in [-0.05, 0) is 12.1 Å². The van der Waals surface area contributed by atoms with E-state index in [0.29, 0.717) is 10.6 Å². The number of hydrogen-bond acceptors (Lipinski definition) is 4. The molecule has 100 valence electrons. The minimum absolute atomic E-state index is 0.0951. The number of thioether (sulfide) groups is 1. The van der Waals surface area contributed by atoms with Crippen molar-refractivity contribution in [2.45, 2.75) is 4.90 Å². The standard InChI is InChI=1S/C12H12N2O4S/c13-10(15)7-19-9-4-2-1-3-8(9)14-11(16)5-6-12(17)18/h1-6H,7H2,(H2,13,15)(H,14,16)(H,17,18)/b6-5+. The Morgan fingerprint density at radius 1 is 1.26 bits per heavy atom. The van der Waals surface area contributed by atoms with Crippen molar-refractivity contribution in [3.05, 3.63) is 36.4 Å². The number of carboxylic acid groups (broad SMARTS) is 1. The van der Waals surface area contributed by atoms with Crippen molar-refractivity contribution in [1.82, 2.24) is 0 Å². The molecule has 0 atom stereocenters. The molecule has 1 aromatic carbocycles. The molecule has 0 aliphatic carbocycles. The number of para-hydroxylation sites is 1. The molecule has 1 aromatic rings. The van der Waals surface area contributed by atoms with Crippen LogP contribution in [0.2, 0.25) is 0 Å². The van der Waals surface area contributed by atoms with E-state index in [1.54, 1.807) is 24.3 Å². The maximum Gasteiger partial charge on any atom is 0.328 e. The van der Waals surface area contributed by atoms with Gasteiger partial charge in [0.2, 0.25) is 11.8 Å². The highest BCUT2D eigenvalue weighted by molar-refractivity contribution is 8.00. The summed E-state index contributed by atoms with van der Waals surface area (Å²) in [6, 6.07) is 6.84. The van der Waals surface area contributed by atoms with Gasteiger partial charge in [0.1, 0.15) is 0 Å². The molecule has 0 saturated heterocycles. The Hall–Kier alpha value is -2.28. The Labute approximate surface area is 113 Å². The fourth-order valence-electron chi connectivity index (χ4n) is 1.17. The molecule has 0 spiro atoms. The number of nitrogens with two attached hydrogens (primary N) is 1. The van der Waals surface area contributed by atoms with E-state index in [9.17, 15) is 14.4 Å². The van der Waals surface area contributed by atoms with E-state index in [2.05, 4.69) is 5.32 Å². The zero-order chi connectivity index (χ0) is 14.3. The maximum atomic E-state index is 11.4. The molecule has 0 aliphatic heterocycles. The Kier molecular flexibility index (Phi) is 5.62. The number of hydrogen-bond donors (Lipinski definition) is 3. The van der Waals surface area contributed by atoms with E-state index >= 15 is 0 Å². The summed E-state index contributed by atoms with van der Waals surface area (Å²) in [5.74, 6) is -2.13. The van der Waals surface area contributed by atoms with E-state index in [1.165, 1.54) is 11.8 Å². The summed E-state index contributed by atoms with van der Waals surface area (Å²) in [5.41, 5.74) is 5.54. The fourth-order valence-corrected chi connectivity index (χ4v) is 1.91. The third-order valence-corrected chi connectivity index (χ3v) is 2.99. The molecule has 19 heavy (non-hydrogen) atoms. The Bertz CT molecular complexity index is 528. The third kappa shape index (κ3) is 5.73. The van der Waals surface area contributed by atoms with E-state index in [-0.39, 0.29) is 5.75 Å². The number of nitrogens with one attached hydrogen (secondary N) is 1. The first kappa shape index (κ1) is 14.8. The first-order valence-corrected chi connectivity index (χ1v) is 6.19. The van der Waals surface area contributed by atoms with Crippen molar-refractivity contribution >= 4 is 35.2 Å². The summed E-state index contributed by atoms with van der Waals surface area (Å²) in [5, 5.41) is 10.9. The van der Waals surface area contributed by atoms with Crippen molar-refractivity contribution in [3.63, 3.8) is 0 Å². The molecule has 6 nitrogen and oxygen atoms in total. The van der Waals surface area contributed by atoms with Gasteiger partial charge in [-0.15, -0.1) is 11.8 Å². The Balaban J connectivity index is 2.74. The van der Waals surface area contributed by atoms with E-state index < -0.39 is 17.8 Å². The van der Waals surface area contributed by atoms with Gasteiger partial charge in [0, 0.05) is 17.0 Å². The summed E-state index contributed by atoms with van der Waals surface area (Å²) in [7, 11) is 0. The van der Waals surface area contributed by atoms with Crippen molar-refractivity contribution in [2.24, 2.45) is 5.73 Å². The Morgan fingerprint density at radius 3 is 2.58 bits per heavy atom. The smallest absolute Gasteiger partial charge is 0.328 e. The van der Waals surface area contributed by atoms with Crippen LogP contribution in [-0.2, 0) is 14.4 Å². The van der Waals surface area contributed by atoms with E-state index in [0.717, 1.165) is 12.2 Å². The second-order valence-corrected chi connectivity index (χ2v) is 4.43. The summed E-state index contributed by atoms with van der Waals surface area (Å²) in [6.45, 7) is 0. The van der Waals surface area contributed by atoms with Crippen LogP contribution in [0.15, 0.2) is 41.3 Å². The largest absolute Gasteiger partial charge is 0.478 e. The van der Waals surface area contributed by atoms with Gasteiger partial charge in [-0.3, -0.25) is 9.59 Å². The number of benzene rings is 1. The van der Waals surface area contributed by atoms with Gasteiger partial charge in [0.25, 0.3) is 0 Å². The molecule has 0 unspecified atom stereocenters. The lowest BCUT2D eigenvalue weighted by molar-refractivity contribution is -0.131. The van der Waals surface area contributed by atoms with Crippen molar-refractivity contribution < 1.29 is 19.5 Å². The first-order valence-electron chi connectivity index (χ1n) is 5.21. The van der Waals surface area contributed by atoms with Crippen LogP contribution < -0.4 is 11.1 Å². The van der Waals surface area contributed by atoms with Gasteiger partial charge in [-0.25, -0.2) is 4.79 Å². The highest BCUT2D eigenvalue weighted by Gasteiger charge is 2.06. The second-order valence-electron chi connectivity index (χ2n) is 3.41. The van der Waals surface area contributed by atoms with Crippen molar-refractivity contribution in [3.8, 4) is 0 Å². The SMILES string of the molecule is NC(=O)CSc1ccccc1NC(=O)/C=C/C(=O)O. The number of amides is 2. The summed E-state index contributed by atoms with van der Waals surface area (Å²) >= 11 is 1.19. The predicted octanol–water partition coefficient (Wildman–Crippen LogP) is 0.843. The third-order valence-electron chi connectivity index (χ3n) is 1.89. The molecule has 1 rings (SSSR count). The van der Waals surface area contributed by atoms with Crippen LogP contribution in [-0.4, -0.2) is 28.6 Å². The zero-order valence-corrected chi connectivity index (χ0v) is 10.6. The molecular formula is C12H12N2O4S. The topological polar surface area (TPSA) is 109 Å². The predicted molar refractivity (Wildman–Crippen MR) is 71.8 cm³/mol. The second kappa shape index (κ2) is 7.22. The number of carbonyl (C=O) groups is 3. The molecule has 0 radical (unpaired) electrons. The van der Waals surface area contributed by atoms with Gasteiger partial charge in [-0.2, -0.15) is 0 Å². The van der Waals surface area contributed by atoms with Gasteiger partial charge >= 0.3 is 5.97 Å². The quantitative estimate of drug-likeness (QED) is 0.528. The van der Waals surface area contributed by atoms with Crippen LogP contribution in [0.1, 0.15) is 0 Å². The number of anilines is 1. The highest BCUT2D eigenvalue weighted by atomic mass is 32.2. The van der Waals surface area contributed by atoms with E-state index in [1.807, 2.05) is 0 Å². The number of primary amides is 1. The number of rotatable bonds is 6. The van der Waals surface area contributed by atoms with E-state index in [4.69, 9.17) is 10.8 Å². The molecule has 0 aliphatic rings. The zero-order valence-electron chi connectivity index (χ0n) is 9.83.